The zero-order chi connectivity index (χ0) is 21.8. The van der Waals surface area contributed by atoms with Crippen LogP contribution in [0.4, 0.5) is 0 Å². The van der Waals surface area contributed by atoms with Crippen LogP contribution in [0.2, 0.25) is 0 Å². The van der Waals surface area contributed by atoms with E-state index in [2.05, 4.69) is 64.1 Å². The van der Waals surface area contributed by atoms with E-state index in [1.165, 1.54) is 80.3 Å². The van der Waals surface area contributed by atoms with Gasteiger partial charge in [-0.05, 0) is 51.2 Å². The molecular weight excluding hydrogens is 366 g/mol. The van der Waals surface area contributed by atoms with Crippen LogP contribution in [0.3, 0.4) is 0 Å². The zero-order valence-corrected chi connectivity index (χ0v) is 19.9. The fraction of sp³-hybridized carbons (Fsp3) is 0.571. The molecule has 0 heterocycles. The van der Waals surface area contributed by atoms with Crippen LogP contribution >= 0.6 is 0 Å². The molecule has 0 fully saturated rings. The van der Waals surface area contributed by atoms with Crippen LogP contribution in [0.5, 0.6) is 5.75 Å². The number of hydrogen-bond donors (Lipinski definition) is 1. The molecule has 166 valence electrons. The molecule has 0 amide bonds. The van der Waals surface area contributed by atoms with Crippen molar-refractivity contribution < 1.29 is 9.59 Å². The van der Waals surface area contributed by atoms with E-state index in [0.29, 0.717) is 5.75 Å². The van der Waals surface area contributed by atoms with Crippen molar-refractivity contribution in [1.29, 1.82) is 0 Å². The van der Waals surface area contributed by atoms with Gasteiger partial charge in [0.2, 0.25) is 0 Å². The summed E-state index contributed by atoms with van der Waals surface area (Å²) in [5.74, 6) is 0.675. The van der Waals surface area contributed by atoms with Crippen molar-refractivity contribution in [3.8, 4) is 5.75 Å². The summed E-state index contributed by atoms with van der Waals surface area (Å²) in [6, 6.07) is 16.8. The molecule has 1 unspecified atom stereocenters. The zero-order valence-electron chi connectivity index (χ0n) is 19.9. The van der Waals surface area contributed by atoms with Crippen molar-refractivity contribution in [3.05, 3.63) is 65.2 Å². The Morgan fingerprint density at radius 2 is 1.43 bits per heavy atom. The van der Waals surface area contributed by atoms with Crippen LogP contribution in [-0.2, 0) is 0 Å². The Balaban J connectivity index is 2.28. The van der Waals surface area contributed by atoms with Gasteiger partial charge in [-0.25, -0.2) is 0 Å². The van der Waals surface area contributed by atoms with Gasteiger partial charge < -0.3 is 9.59 Å². The Morgan fingerprint density at radius 3 is 2.00 bits per heavy atom. The van der Waals surface area contributed by atoms with E-state index in [0.717, 1.165) is 12.0 Å². The minimum atomic E-state index is 0.243. The number of hydrogen-bond acceptors (Lipinski definition) is 1. The van der Waals surface area contributed by atoms with E-state index in [4.69, 9.17) is 0 Å². The van der Waals surface area contributed by atoms with Crippen LogP contribution < -0.4 is 0 Å². The van der Waals surface area contributed by atoms with Gasteiger partial charge in [0.25, 0.3) is 0 Å². The van der Waals surface area contributed by atoms with E-state index in [9.17, 15) is 5.11 Å². The molecule has 2 heteroatoms. The summed E-state index contributed by atoms with van der Waals surface area (Å²) in [5, 5.41) is 10.7. The van der Waals surface area contributed by atoms with Crippen LogP contribution in [0, 0.1) is 6.92 Å². The largest absolute Gasteiger partial charge is 0.508 e. The topological polar surface area (TPSA) is 20.2 Å². The monoisotopic (exact) mass is 410 g/mol. The third kappa shape index (κ3) is 7.16. The first-order valence-corrected chi connectivity index (χ1v) is 12.2. The number of nitrogens with zero attached hydrogens (tertiary/aromatic N) is 1. The Kier molecular flexibility index (Phi) is 10.4. The molecule has 0 aliphatic carbocycles. The molecule has 2 nitrogen and oxygen atoms in total. The first-order chi connectivity index (χ1) is 14.5. The Labute approximate surface area is 185 Å². The summed E-state index contributed by atoms with van der Waals surface area (Å²) in [6.45, 7) is 14.0. The first-order valence-electron chi connectivity index (χ1n) is 12.2. The average Bonchev–Trinajstić information content (AvgIpc) is 2.77. The molecule has 0 saturated heterocycles. The molecule has 2 aromatic rings. The second kappa shape index (κ2) is 12.8. The summed E-state index contributed by atoms with van der Waals surface area (Å²) in [5.41, 5.74) is 3.61. The number of quaternary nitrogens is 1. The van der Waals surface area contributed by atoms with Gasteiger partial charge >= 0.3 is 0 Å². The first kappa shape index (κ1) is 24.5. The number of phenolic OH excluding ortho intramolecular Hbond substituents is 1. The quantitative estimate of drug-likeness (QED) is 0.253. The molecule has 0 aromatic heterocycles. The number of benzene rings is 2. The maximum Gasteiger partial charge on any atom is 0.119 e. The molecule has 0 saturated carbocycles. The highest BCUT2D eigenvalue weighted by Crippen LogP contribution is 2.35. The molecule has 0 bridgehead atoms. The van der Waals surface area contributed by atoms with Crippen molar-refractivity contribution in [2.75, 3.05) is 26.2 Å². The standard InChI is InChI=1S/C28H43NO/c1-5-8-13-20-29(7-3,21-14-9-6-2)22-19-26(25-15-11-10-12-16-25)27-23-24(4)17-18-28(27)30/h10-12,15-18,23,26H,5-9,13-14,19-22H2,1-4H3/p+1. The summed E-state index contributed by atoms with van der Waals surface area (Å²) in [6.07, 6.45) is 8.94. The number of unbranched alkanes of at least 4 members (excludes halogenated alkanes) is 4. The third-order valence-corrected chi connectivity index (χ3v) is 6.80. The van der Waals surface area contributed by atoms with Gasteiger partial charge in [-0.3, -0.25) is 0 Å². The predicted molar refractivity (Wildman–Crippen MR) is 130 cm³/mol. The van der Waals surface area contributed by atoms with Crippen LogP contribution in [0.15, 0.2) is 48.5 Å². The van der Waals surface area contributed by atoms with Crippen LogP contribution in [0.25, 0.3) is 0 Å². The molecule has 1 N–H and O–H groups in total. The average molecular weight is 411 g/mol. The second-order valence-corrected chi connectivity index (χ2v) is 9.06. The van der Waals surface area contributed by atoms with E-state index in [-0.39, 0.29) is 5.92 Å². The second-order valence-electron chi connectivity index (χ2n) is 9.06. The van der Waals surface area contributed by atoms with Crippen molar-refractivity contribution in [1.82, 2.24) is 0 Å². The van der Waals surface area contributed by atoms with Gasteiger partial charge in [0.05, 0.1) is 26.2 Å². The fourth-order valence-electron chi connectivity index (χ4n) is 4.75. The van der Waals surface area contributed by atoms with Crippen molar-refractivity contribution in [2.24, 2.45) is 0 Å². The Hall–Kier alpha value is -1.80. The van der Waals surface area contributed by atoms with E-state index < -0.39 is 0 Å². The predicted octanol–water partition coefficient (Wildman–Crippen LogP) is 7.44. The smallest absolute Gasteiger partial charge is 0.119 e. The van der Waals surface area contributed by atoms with Gasteiger partial charge in [-0.2, -0.15) is 0 Å². The number of aromatic hydroxyl groups is 1. The molecule has 30 heavy (non-hydrogen) atoms. The molecule has 0 spiro atoms. The number of rotatable bonds is 14. The van der Waals surface area contributed by atoms with E-state index in [1.807, 2.05) is 12.1 Å². The van der Waals surface area contributed by atoms with E-state index >= 15 is 0 Å². The van der Waals surface area contributed by atoms with Gasteiger partial charge in [-0.1, -0.05) is 74.7 Å². The summed E-state index contributed by atoms with van der Waals surface area (Å²) in [7, 11) is 0. The van der Waals surface area contributed by atoms with Gasteiger partial charge in [0.15, 0.2) is 0 Å². The summed E-state index contributed by atoms with van der Waals surface area (Å²) >= 11 is 0. The number of aryl methyl sites for hydroxylation is 1. The lowest BCUT2D eigenvalue weighted by molar-refractivity contribution is -0.927. The van der Waals surface area contributed by atoms with E-state index in [1.54, 1.807) is 0 Å². The van der Waals surface area contributed by atoms with Gasteiger partial charge in [0.1, 0.15) is 5.75 Å². The molecule has 2 rings (SSSR count). The highest BCUT2D eigenvalue weighted by molar-refractivity contribution is 5.43. The lowest BCUT2D eigenvalue weighted by atomic mass is 9.86. The highest BCUT2D eigenvalue weighted by Gasteiger charge is 2.28. The molecule has 0 aliphatic rings. The minimum Gasteiger partial charge on any atom is -0.508 e. The molecule has 0 aliphatic heterocycles. The summed E-state index contributed by atoms with van der Waals surface area (Å²) in [4.78, 5) is 0. The van der Waals surface area contributed by atoms with Crippen molar-refractivity contribution in [3.63, 3.8) is 0 Å². The summed E-state index contributed by atoms with van der Waals surface area (Å²) < 4.78 is 1.22. The lowest BCUT2D eigenvalue weighted by Gasteiger charge is -2.39. The number of phenols is 1. The maximum atomic E-state index is 10.7. The molecular formula is C28H44NO+. The lowest BCUT2D eigenvalue weighted by Crippen LogP contribution is -2.50. The van der Waals surface area contributed by atoms with Gasteiger partial charge in [0, 0.05) is 17.9 Å². The maximum absolute atomic E-state index is 10.7. The Bertz CT molecular complexity index is 715. The molecule has 2 aromatic carbocycles. The van der Waals surface area contributed by atoms with Crippen molar-refractivity contribution in [2.45, 2.75) is 78.6 Å². The highest BCUT2D eigenvalue weighted by atomic mass is 16.3. The molecule has 1 atom stereocenters. The van der Waals surface area contributed by atoms with Crippen LogP contribution in [0.1, 0.15) is 88.3 Å². The minimum absolute atomic E-state index is 0.243. The normalized spacial score (nSPS) is 12.8. The SMILES string of the molecule is CCCCC[N+](CC)(CCCCC)CCC(c1ccccc1)c1cc(C)ccc1O. The van der Waals surface area contributed by atoms with Crippen molar-refractivity contribution >= 4 is 0 Å². The van der Waals surface area contributed by atoms with Crippen LogP contribution in [-0.4, -0.2) is 35.8 Å². The third-order valence-electron chi connectivity index (χ3n) is 6.80. The Morgan fingerprint density at radius 1 is 0.800 bits per heavy atom. The molecule has 0 radical (unpaired) electrons. The van der Waals surface area contributed by atoms with Gasteiger partial charge in [-0.15, -0.1) is 0 Å². The fourth-order valence-corrected chi connectivity index (χ4v) is 4.75.